The molecule has 1 unspecified atom stereocenters. The van der Waals surface area contributed by atoms with E-state index in [1.807, 2.05) is 31.2 Å². The number of aromatic nitrogens is 2. The Morgan fingerprint density at radius 1 is 1.10 bits per heavy atom. The fourth-order valence-corrected chi connectivity index (χ4v) is 1.94. The zero-order valence-corrected chi connectivity index (χ0v) is 12.3. The monoisotopic (exact) mass is 293 g/mol. The molecule has 0 saturated carbocycles. The number of ether oxygens (including phenoxy) is 2. The van der Waals surface area contributed by atoms with E-state index in [0.717, 1.165) is 11.3 Å². The molecule has 0 saturated heterocycles. The number of alkyl halides is 1. The molecule has 0 aliphatic heterocycles. The molecule has 0 radical (unpaired) electrons. The molecule has 1 aromatic carbocycles. The molecule has 0 bridgehead atoms. The lowest BCUT2D eigenvalue weighted by Crippen LogP contribution is -2.03. The van der Waals surface area contributed by atoms with E-state index in [1.54, 1.807) is 20.3 Å². The highest BCUT2D eigenvalue weighted by atomic mass is 35.5. The largest absolute Gasteiger partial charge is 0.481 e. The first kappa shape index (κ1) is 14.4. The van der Waals surface area contributed by atoms with E-state index < -0.39 is 0 Å². The minimum absolute atomic E-state index is 0.119. The Bertz CT molecular complexity index is 568. The maximum Gasteiger partial charge on any atom is 0.233 e. The quantitative estimate of drug-likeness (QED) is 0.855. The van der Waals surface area contributed by atoms with Crippen molar-refractivity contribution in [3.05, 3.63) is 35.9 Å². The number of anilines is 2. The van der Waals surface area contributed by atoms with Gasteiger partial charge in [-0.1, -0.05) is 18.2 Å². The molecule has 2 aromatic rings. The summed E-state index contributed by atoms with van der Waals surface area (Å²) in [7, 11) is 3.08. The van der Waals surface area contributed by atoms with Gasteiger partial charge in [0.2, 0.25) is 17.7 Å². The normalized spacial score (nSPS) is 11.8. The van der Waals surface area contributed by atoms with Crippen LogP contribution in [-0.2, 0) is 0 Å². The Morgan fingerprint density at radius 3 is 2.25 bits per heavy atom. The van der Waals surface area contributed by atoms with Crippen molar-refractivity contribution < 1.29 is 9.47 Å². The predicted molar refractivity (Wildman–Crippen MR) is 79.1 cm³/mol. The predicted octanol–water partition coefficient (Wildman–Crippen LogP) is 3.54. The number of halogens is 1. The summed E-state index contributed by atoms with van der Waals surface area (Å²) in [6, 6.07) is 9.34. The van der Waals surface area contributed by atoms with Crippen molar-refractivity contribution >= 4 is 23.2 Å². The van der Waals surface area contributed by atoms with Crippen molar-refractivity contribution in [3.63, 3.8) is 0 Å². The van der Waals surface area contributed by atoms with E-state index in [2.05, 4.69) is 15.3 Å². The summed E-state index contributed by atoms with van der Waals surface area (Å²) in [6.07, 6.45) is 0. The lowest BCUT2D eigenvalue weighted by Gasteiger charge is -2.13. The van der Waals surface area contributed by atoms with Gasteiger partial charge in [-0.05, 0) is 18.6 Å². The zero-order chi connectivity index (χ0) is 14.5. The van der Waals surface area contributed by atoms with Gasteiger partial charge in [0.25, 0.3) is 0 Å². The van der Waals surface area contributed by atoms with Crippen LogP contribution in [0.25, 0.3) is 0 Å². The second kappa shape index (κ2) is 6.43. The summed E-state index contributed by atoms with van der Waals surface area (Å²) in [5.41, 5.74) is 1.82. The number of methoxy groups -OCH3 is 2. The Balaban J connectivity index is 2.34. The first-order valence-corrected chi connectivity index (χ1v) is 6.54. The lowest BCUT2D eigenvalue weighted by atomic mass is 10.1. The minimum Gasteiger partial charge on any atom is -0.481 e. The Labute approximate surface area is 122 Å². The van der Waals surface area contributed by atoms with Gasteiger partial charge in [0.1, 0.15) is 0 Å². The van der Waals surface area contributed by atoms with Crippen molar-refractivity contribution in [2.45, 2.75) is 12.3 Å². The third-order valence-electron chi connectivity index (χ3n) is 2.73. The van der Waals surface area contributed by atoms with Gasteiger partial charge in [-0.15, -0.1) is 11.6 Å². The fraction of sp³-hybridized carbons (Fsp3) is 0.286. The second-order valence-electron chi connectivity index (χ2n) is 4.10. The van der Waals surface area contributed by atoms with Gasteiger partial charge >= 0.3 is 0 Å². The molecule has 1 N–H and O–H groups in total. The molecule has 20 heavy (non-hydrogen) atoms. The summed E-state index contributed by atoms with van der Waals surface area (Å²) >= 11 is 6.16. The van der Waals surface area contributed by atoms with Crippen LogP contribution in [-0.4, -0.2) is 24.2 Å². The molecule has 1 heterocycles. The van der Waals surface area contributed by atoms with Gasteiger partial charge in [-0.25, -0.2) is 0 Å². The molecular weight excluding hydrogens is 278 g/mol. The highest BCUT2D eigenvalue weighted by Gasteiger charge is 2.10. The number of nitrogens with zero attached hydrogens (tertiary/aromatic N) is 2. The molecule has 0 aliphatic rings. The smallest absolute Gasteiger partial charge is 0.233 e. The highest BCUT2D eigenvalue weighted by molar-refractivity contribution is 6.21. The molecule has 1 atom stereocenters. The van der Waals surface area contributed by atoms with Crippen molar-refractivity contribution in [1.82, 2.24) is 9.97 Å². The fourth-order valence-electron chi connectivity index (χ4n) is 1.75. The minimum atomic E-state index is -0.119. The van der Waals surface area contributed by atoms with Crippen molar-refractivity contribution in [2.24, 2.45) is 0 Å². The third-order valence-corrected chi connectivity index (χ3v) is 2.97. The van der Waals surface area contributed by atoms with Crippen LogP contribution in [0.2, 0.25) is 0 Å². The van der Waals surface area contributed by atoms with Crippen LogP contribution in [0.15, 0.2) is 30.3 Å². The molecule has 0 spiro atoms. The first-order valence-electron chi connectivity index (χ1n) is 6.11. The van der Waals surface area contributed by atoms with Gasteiger partial charge in [0.05, 0.1) is 25.7 Å². The highest BCUT2D eigenvalue weighted by Crippen LogP contribution is 2.29. The van der Waals surface area contributed by atoms with Crippen LogP contribution in [0.4, 0.5) is 11.6 Å². The molecule has 0 aliphatic carbocycles. The standard InChI is InChI=1S/C14H16ClN3O2/c1-9(15)10-6-4-5-7-11(10)16-14-17-12(19-2)8-13(18-14)20-3/h4-9H,1-3H3,(H,16,17,18). The molecular formula is C14H16ClN3O2. The third kappa shape index (κ3) is 3.30. The maximum absolute atomic E-state index is 6.16. The van der Waals surface area contributed by atoms with Crippen molar-refractivity contribution in [2.75, 3.05) is 19.5 Å². The molecule has 1 aromatic heterocycles. The molecule has 2 rings (SSSR count). The van der Waals surface area contributed by atoms with Gasteiger partial charge < -0.3 is 14.8 Å². The number of rotatable bonds is 5. The first-order chi connectivity index (χ1) is 9.63. The average Bonchev–Trinajstić information content (AvgIpc) is 2.47. The number of nitrogens with one attached hydrogen (secondary N) is 1. The summed E-state index contributed by atoms with van der Waals surface area (Å²) < 4.78 is 10.2. The summed E-state index contributed by atoms with van der Waals surface area (Å²) in [4.78, 5) is 8.46. The number of para-hydroxylation sites is 1. The lowest BCUT2D eigenvalue weighted by molar-refractivity contribution is 0.373. The van der Waals surface area contributed by atoms with Crippen LogP contribution in [0.1, 0.15) is 17.9 Å². The average molecular weight is 294 g/mol. The molecule has 0 fully saturated rings. The maximum atomic E-state index is 6.16. The van der Waals surface area contributed by atoms with E-state index >= 15 is 0 Å². The van der Waals surface area contributed by atoms with E-state index in [9.17, 15) is 0 Å². The van der Waals surface area contributed by atoms with Gasteiger partial charge in [0, 0.05) is 5.69 Å². The van der Waals surface area contributed by atoms with Crippen molar-refractivity contribution in [3.8, 4) is 11.8 Å². The molecule has 0 amide bonds. The van der Waals surface area contributed by atoms with Crippen LogP contribution in [0.3, 0.4) is 0 Å². The van der Waals surface area contributed by atoms with Crippen LogP contribution >= 0.6 is 11.6 Å². The SMILES string of the molecule is COc1cc(OC)nc(Nc2ccccc2C(C)Cl)n1. The molecule has 5 nitrogen and oxygen atoms in total. The zero-order valence-electron chi connectivity index (χ0n) is 11.6. The molecule has 6 heteroatoms. The Morgan fingerprint density at radius 2 is 1.70 bits per heavy atom. The van der Waals surface area contributed by atoms with Crippen molar-refractivity contribution in [1.29, 1.82) is 0 Å². The number of benzene rings is 1. The topological polar surface area (TPSA) is 56.3 Å². The van der Waals surface area contributed by atoms with E-state index in [1.165, 1.54) is 0 Å². The second-order valence-corrected chi connectivity index (χ2v) is 4.76. The van der Waals surface area contributed by atoms with Gasteiger partial charge in [-0.2, -0.15) is 9.97 Å². The van der Waals surface area contributed by atoms with Gasteiger partial charge in [-0.3, -0.25) is 0 Å². The van der Waals surface area contributed by atoms with Gasteiger partial charge in [0.15, 0.2) is 0 Å². The Hall–Kier alpha value is -2.01. The number of hydrogen-bond acceptors (Lipinski definition) is 5. The number of hydrogen-bond donors (Lipinski definition) is 1. The van der Waals surface area contributed by atoms with Crippen LogP contribution < -0.4 is 14.8 Å². The van der Waals surface area contributed by atoms with E-state index in [0.29, 0.717) is 17.7 Å². The van der Waals surface area contributed by atoms with E-state index in [4.69, 9.17) is 21.1 Å². The Kier molecular flexibility index (Phi) is 4.63. The molecule has 106 valence electrons. The van der Waals surface area contributed by atoms with E-state index in [-0.39, 0.29) is 5.38 Å². The van der Waals surface area contributed by atoms with Crippen LogP contribution in [0, 0.1) is 0 Å². The summed E-state index contributed by atoms with van der Waals surface area (Å²) in [5, 5.41) is 3.02. The van der Waals surface area contributed by atoms with Crippen LogP contribution in [0.5, 0.6) is 11.8 Å². The summed E-state index contributed by atoms with van der Waals surface area (Å²) in [5.74, 6) is 1.25. The summed E-state index contributed by atoms with van der Waals surface area (Å²) in [6.45, 7) is 1.91.